The summed E-state index contributed by atoms with van der Waals surface area (Å²) in [5.41, 5.74) is 8.35. The van der Waals surface area contributed by atoms with Crippen molar-refractivity contribution >= 4 is 17.2 Å². The first-order chi connectivity index (χ1) is 15.1. The number of nitrogens with two attached hydrogens (primary N) is 1. The summed E-state index contributed by atoms with van der Waals surface area (Å²) < 4.78 is 11.6. The molecule has 1 aromatic heterocycles. The topological polar surface area (TPSA) is 90.0 Å². The molecular weight excluding hydrogens is 410 g/mol. The van der Waals surface area contributed by atoms with Gasteiger partial charge in [-0.25, -0.2) is 4.98 Å². The summed E-state index contributed by atoms with van der Waals surface area (Å²) in [5.74, 6) is 2.19. The second-order valence-corrected chi connectivity index (χ2v) is 8.41. The molecule has 6 nitrogen and oxygen atoms in total. The van der Waals surface area contributed by atoms with Crippen molar-refractivity contribution < 1.29 is 14.7 Å². The first kappa shape index (κ1) is 22.6. The van der Waals surface area contributed by atoms with Crippen LogP contribution in [0.4, 0.5) is 0 Å². The highest BCUT2D eigenvalue weighted by Crippen LogP contribution is 2.27. The van der Waals surface area contributed by atoms with Crippen LogP contribution in [0, 0.1) is 0 Å². The van der Waals surface area contributed by atoms with Gasteiger partial charge in [0.1, 0.15) is 11.5 Å². The molecule has 0 amide bonds. The lowest BCUT2D eigenvalue weighted by Crippen LogP contribution is -2.12. The maximum atomic E-state index is 8.67. The summed E-state index contributed by atoms with van der Waals surface area (Å²) in [4.78, 5) is 4.70. The minimum atomic E-state index is 0.0876. The van der Waals surface area contributed by atoms with Crippen molar-refractivity contribution in [1.29, 1.82) is 0 Å². The first-order valence-corrected chi connectivity index (χ1v) is 11.3. The highest BCUT2D eigenvalue weighted by molar-refractivity contribution is 7.10. The molecule has 0 aliphatic rings. The lowest BCUT2D eigenvalue weighted by Gasteiger charge is -2.08. The van der Waals surface area contributed by atoms with E-state index in [1.165, 1.54) is 0 Å². The molecule has 3 rings (SSSR count). The Kier molecular flexibility index (Phi) is 8.29. The number of aromatic nitrogens is 1. The number of amidine groups is 1. The Bertz CT molecular complexity index is 966. The van der Waals surface area contributed by atoms with E-state index in [0.29, 0.717) is 24.7 Å². The predicted molar refractivity (Wildman–Crippen MR) is 125 cm³/mol. The van der Waals surface area contributed by atoms with E-state index >= 15 is 0 Å². The van der Waals surface area contributed by atoms with E-state index < -0.39 is 0 Å². The van der Waals surface area contributed by atoms with Gasteiger partial charge in [0, 0.05) is 22.4 Å². The van der Waals surface area contributed by atoms with Gasteiger partial charge in [-0.2, -0.15) is 0 Å². The van der Waals surface area contributed by atoms with E-state index in [2.05, 4.69) is 36.5 Å². The summed E-state index contributed by atoms with van der Waals surface area (Å²) in [7, 11) is 0. The van der Waals surface area contributed by atoms with Crippen LogP contribution in [-0.2, 0) is 0 Å². The van der Waals surface area contributed by atoms with E-state index in [-0.39, 0.29) is 5.84 Å². The van der Waals surface area contributed by atoms with Crippen molar-refractivity contribution in [3.05, 3.63) is 64.5 Å². The molecular formula is C24H29N3O3S. The third-order valence-electron chi connectivity index (χ3n) is 4.75. The average molecular weight is 440 g/mol. The highest BCUT2D eigenvalue weighted by atomic mass is 32.1. The smallest absolute Gasteiger partial charge is 0.170 e. The fraction of sp³-hybridized carbons (Fsp3) is 0.333. The fourth-order valence-corrected chi connectivity index (χ4v) is 3.79. The van der Waals surface area contributed by atoms with Crippen molar-refractivity contribution in [2.45, 2.75) is 39.0 Å². The number of hydrogen-bond acceptors (Lipinski definition) is 6. The van der Waals surface area contributed by atoms with Gasteiger partial charge in [-0.05, 0) is 67.8 Å². The summed E-state index contributed by atoms with van der Waals surface area (Å²) in [6.45, 7) is 5.65. The third kappa shape index (κ3) is 6.72. The Balaban J connectivity index is 1.32. The molecule has 2 aromatic carbocycles. The van der Waals surface area contributed by atoms with Crippen molar-refractivity contribution in [2.24, 2.45) is 10.9 Å². The fourth-order valence-electron chi connectivity index (χ4n) is 2.95. The van der Waals surface area contributed by atoms with E-state index in [1.54, 1.807) is 23.5 Å². The van der Waals surface area contributed by atoms with Crippen LogP contribution in [0.25, 0.3) is 11.3 Å². The number of unbranched alkanes of at least 4 members (excludes halogenated alkanes) is 2. The van der Waals surface area contributed by atoms with Crippen LogP contribution >= 0.6 is 11.3 Å². The van der Waals surface area contributed by atoms with Gasteiger partial charge in [-0.3, -0.25) is 0 Å². The number of benzene rings is 2. The Morgan fingerprint density at radius 3 is 2.06 bits per heavy atom. The molecule has 7 heteroatoms. The molecule has 0 fully saturated rings. The van der Waals surface area contributed by atoms with Crippen molar-refractivity contribution in [3.8, 4) is 22.8 Å². The molecule has 31 heavy (non-hydrogen) atoms. The second-order valence-electron chi connectivity index (χ2n) is 7.52. The molecule has 0 bridgehead atoms. The van der Waals surface area contributed by atoms with Gasteiger partial charge < -0.3 is 20.4 Å². The van der Waals surface area contributed by atoms with Gasteiger partial charge in [-0.15, -0.1) is 11.3 Å². The van der Waals surface area contributed by atoms with E-state index in [9.17, 15) is 0 Å². The number of ether oxygens (including phenoxy) is 2. The van der Waals surface area contributed by atoms with Crippen LogP contribution in [-0.4, -0.2) is 29.2 Å². The summed E-state index contributed by atoms with van der Waals surface area (Å²) >= 11 is 1.71. The molecule has 0 saturated carbocycles. The normalized spacial score (nSPS) is 11.6. The van der Waals surface area contributed by atoms with Gasteiger partial charge >= 0.3 is 0 Å². The zero-order chi connectivity index (χ0) is 22.1. The Labute approximate surface area is 187 Å². The highest BCUT2D eigenvalue weighted by Gasteiger charge is 2.07. The maximum Gasteiger partial charge on any atom is 0.170 e. The van der Waals surface area contributed by atoms with Gasteiger partial charge in [0.05, 0.1) is 23.9 Å². The van der Waals surface area contributed by atoms with Crippen LogP contribution in [0.1, 0.15) is 49.6 Å². The van der Waals surface area contributed by atoms with Crippen molar-refractivity contribution in [3.63, 3.8) is 0 Å². The lowest BCUT2D eigenvalue weighted by atomic mass is 10.1. The molecule has 164 valence electrons. The molecule has 3 N–H and O–H groups in total. The first-order valence-electron chi connectivity index (χ1n) is 10.5. The summed E-state index contributed by atoms with van der Waals surface area (Å²) in [5, 5.41) is 14.9. The SMILES string of the molecule is CC(C)c1nc(-c2ccc(OCCCCCOc3ccc(C(N)=NO)cc3)cc2)cs1. The monoisotopic (exact) mass is 439 g/mol. The van der Waals surface area contributed by atoms with E-state index in [0.717, 1.165) is 47.0 Å². The second kappa shape index (κ2) is 11.4. The standard InChI is InChI=1S/C24H29N3O3S/c1-17(2)24-26-22(16-31-24)18-6-10-20(11-7-18)29-14-4-3-5-15-30-21-12-8-19(9-13-21)23(25)27-28/h6-13,16-17,28H,3-5,14-15H2,1-2H3,(H2,25,27). The molecule has 0 aliphatic carbocycles. The van der Waals surface area contributed by atoms with Crippen molar-refractivity contribution in [1.82, 2.24) is 4.98 Å². The van der Waals surface area contributed by atoms with Crippen LogP contribution in [0.5, 0.6) is 11.5 Å². The number of oxime groups is 1. The van der Waals surface area contributed by atoms with Crippen LogP contribution in [0.2, 0.25) is 0 Å². The molecule has 3 aromatic rings. The van der Waals surface area contributed by atoms with Crippen LogP contribution in [0.3, 0.4) is 0 Å². The molecule has 0 unspecified atom stereocenters. The number of nitrogens with zero attached hydrogens (tertiary/aromatic N) is 2. The van der Waals surface area contributed by atoms with Gasteiger partial charge in [0.15, 0.2) is 5.84 Å². The summed E-state index contributed by atoms with van der Waals surface area (Å²) in [6.07, 6.45) is 2.95. The largest absolute Gasteiger partial charge is 0.494 e. The zero-order valence-corrected chi connectivity index (χ0v) is 18.8. The van der Waals surface area contributed by atoms with E-state index in [4.69, 9.17) is 25.4 Å². The average Bonchev–Trinajstić information content (AvgIpc) is 3.29. The lowest BCUT2D eigenvalue weighted by molar-refractivity contribution is 0.279. The Hall–Kier alpha value is -3.06. The minimum Gasteiger partial charge on any atom is -0.494 e. The Morgan fingerprint density at radius 2 is 1.55 bits per heavy atom. The molecule has 0 atom stereocenters. The number of rotatable bonds is 11. The van der Waals surface area contributed by atoms with Crippen LogP contribution in [0.15, 0.2) is 59.1 Å². The van der Waals surface area contributed by atoms with E-state index in [1.807, 2.05) is 24.3 Å². The number of hydrogen-bond donors (Lipinski definition) is 2. The zero-order valence-electron chi connectivity index (χ0n) is 18.0. The quantitative estimate of drug-likeness (QED) is 0.132. The molecule has 0 aliphatic heterocycles. The van der Waals surface area contributed by atoms with Gasteiger partial charge in [0.25, 0.3) is 0 Å². The molecule has 0 spiro atoms. The molecule has 0 saturated heterocycles. The third-order valence-corrected chi connectivity index (χ3v) is 5.90. The van der Waals surface area contributed by atoms with Crippen LogP contribution < -0.4 is 15.2 Å². The predicted octanol–water partition coefficient (Wildman–Crippen LogP) is 5.66. The molecule has 1 heterocycles. The maximum absolute atomic E-state index is 8.67. The summed E-state index contributed by atoms with van der Waals surface area (Å²) in [6, 6.07) is 15.3. The minimum absolute atomic E-state index is 0.0876. The van der Waals surface area contributed by atoms with Crippen molar-refractivity contribution in [2.75, 3.05) is 13.2 Å². The number of thiazole rings is 1. The molecule has 0 radical (unpaired) electrons. The Morgan fingerprint density at radius 1 is 0.968 bits per heavy atom. The van der Waals surface area contributed by atoms with Gasteiger partial charge in [0.2, 0.25) is 0 Å². The van der Waals surface area contributed by atoms with Gasteiger partial charge in [-0.1, -0.05) is 19.0 Å².